The topological polar surface area (TPSA) is 301 Å². The highest BCUT2D eigenvalue weighted by Crippen LogP contribution is 2.18. The Hall–Kier alpha value is -4.81. The summed E-state index contributed by atoms with van der Waals surface area (Å²) in [6, 6.07) is -5.64. The molecule has 0 bridgehead atoms. The van der Waals surface area contributed by atoms with Gasteiger partial charge in [-0.25, -0.2) is 0 Å². The number of amides is 8. The molecule has 1 fully saturated rings. The Bertz CT molecular complexity index is 1290. The van der Waals surface area contributed by atoms with E-state index in [2.05, 4.69) is 31.9 Å². The van der Waals surface area contributed by atoms with E-state index in [0.717, 1.165) is 0 Å². The zero-order valence-electron chi connectivity index (χ0n) is 30.2. The van der Waals surface area contributed by atoms with Gasteiger partial charge in [0.25, 0.3) is 0 Å². The van der Waals surface area contributed by atoms with Crippen LogP contribution in [-0.2, 0) is 43.2 Å². The van der Waals surface area contributed by atoms with Crippen LogP contribution in [0.15, 0.2) is 0 Å². The first-order valence-corrected chi connectivity index (χ1v) is 17.0. The molecule has 5 atom stereocenters. The summed E-state index contributed by atoms with van der Waals surface area (Å²) in [6.45, 7) is 9.11. The molecule has 1 saturated heterocycles. The van der Waals surface area contributed by atoms with Crippen LogP contribution in [0.25, 0.3) is 0 Å². The number of nitrogens with two attached hydrogens (primary N) is 2. The maximum atomic E-state index is 13.6. The fourth-order valence-corrected chi connectivity index (χ4v) is 5.33. The first-order valence-electron chi connectivity index (χ1n) is 17.0. The molecule has 8 amide bonds. The first-order chi connectivity index (χ1) is 23.8. The molecular weight excluding hydrogens is 670 g/mol. The van der Waals surface area contributed by atoms with Gasteiger partial charge in [-0.15, -0.1) is 0 Å². The molecule has 0 aromatic carbocycles. The minimum atomic E-state index is -1.29. The van der Waals surface area contributed by atoms with E-state index in [9.17, 15) is 43.2 Å². The number of rotatable bonds is 21. The Labute approximate surface area is 297 Å². The molecule has 1 aliphatic rings. The lowest BCUT2D eigenvalue weighted by Gasteiger charge is -2.30. The van der Waals surface area contributed by atoms with Crippen molar-refractivity contribution in [3.63, 3.8) is 0 Å². The van der Waals surface area contributed by atoms with Crippen molar-refractivity contribution in [2.75, 3.05) is 26.2 Å². The van der Waals surface area contributed by atoms with Crippen LogP contribution >= 0.6 is 0 Å². The second-order valence-electron chi connectivity index (χ2n) is 13.6. The number of carboxylic acid groups (broad SMARTS) is 1. The summed E-state index contributed by atoms with van der Waals surface area (Å²) >= 11 is 0. The molecule has 19 nitrogen and oxygen atoms in total. The van der Waals surface area contributed by atoms with Gasteiger partial charge in [0, 0.05) is 13.0 Å². The second kappa shape index (κ2) is 21.4. The van der Waals surface area contributed by atoms with Crippen molar-refractivity contribution >= 4 is 53.2 Å². The summed E-state index contributed by atoms with van der Waals surface area (Å²) in [5.74, 6) is -7.77. The maximum Gasteiger partial charge on any atom is 0.322 e. The molecule has 11 N–H and O–H groups in total. The molecule has 1 rings (SSSR count). The summed E-state index contributed by atoms with van der Waals surface area (Å²) in [6.07, 6.45) is 0.601. The minimum absolute atomic E-state index is 0.105. The number of carboxylic acids is 1. The maximum absolute atomic E-state index is 13.6. The van der Waals surface area contributed by atoms with Crippen molar-refractivity contribution in [1.82, 2.24) is 36.8 Å². The zero-order valence-corrected chi connectivity index (χ0v) is 30.2. The van der Waals surface area contributed by atoms with Gasteiger partial charge in [-0.1, -0.05) is 41.5 Å². The van der Waals surface area contributed by atoms with Crippen molar-refractivity contribution < 1.29 is 48.3 Å². The lowest BCUT2D eigenvalue weighted by molar-refractivity contribution is -0.139. The minimum Gasteiger partial charge on any atom is -0.480 e. The molecule has 0 aliphatic carbocycles. The van der Waals surface area contributed by atoms with E-state index in [-0.39, 0.29) is 31.7 Å². The van der Waals surface area contributed by atoms with Gasteiger partial charge in [0.1, 0.15) is 36.8 Å². The molecular formula is C32H55N9O10. The van der Waals surface area contributed by atoms with Gasteiger partial charge in [0.05, 0.1) is 13.1 Å². The first kappa shape index (κ1) is 44.2. The van der Waals surface area contributed by atoms with E-state index in [1.807, 2.05) is 13.8 Å². The van der Waals surface area contributed by atoms with Crippen LogP contribution in [0.3, 0.4) is 0 Å². The van der Waals surface area contributed by atoms with Crippen molar-refractivity contribution in [3.05, 3.63) is 0 Å². The summed E-state index contributed by atoms with van der Waals surface area (Å²) in [5.41, 5.74) is 10.8. The molecule has 0 unspecified atom stereocenters. The average Bonchev–Trinajstić information content (AvgIpc) is 3.54. The third-order valence-electron chi connectivity index (χ3n) is 8.06. The molecule has 0 spiro atoms. The van der Waals surface area contributed by atoms with Crippen molar-refractivity contribution in [3.8, 4) is 0 Å². The largest absolute Gasteiger partial charge is 0.480 e. The Morgan fingerprint density at radius 1 is 0.745 bits per heavy atom. The standard InChI is InChI=1S/C32H55N9O10/c1-16(2)12-20(29(48)39-26(17(3)4)31(50)36-14-23(43)35-15-25(45)46)38-32(51)27(18(5)6)40-28(47)19(9-10-22(34)42)37-30(49)21-8-7-11-41(21)24(44)13-33/h16-21,26-27H,7-15,33H2,1-6H3,(H2,34,42)(H,35,43)(H,36,50)(H,37,49)(H,38,51)(H,39,48)(H,40,47)(H,45,46)/t19-,20-,21-,26-,27+/m0/s1. The summed E-state index contributed by atoms with van der Waals surface area (Å²) in [4.78, 5) is 114. The lowest BCUT2D eigenvalue weighted by atomic mass is 9.98. The quantitative estimate of drug-likeness (QED) is 0.0568. The van der Waals surface area contributed by atoms with E-state index in [1.165, 1.54) is 4.90 Å². The number of hydrogen-bond donors (Lipinski definition) is 9. The highest BCUT2D eigenvalue weighted by molar-refractivity contribution is 5.97. The number of likely N-dealkylation sites (tertiary alicyclic amines) is 1. The van der Waals surface area contributed by atoms with E-state index < -0.39 is 108 Å². The molecule has 0 saturated carbocycles. The third-order valence-corrected chi connectivity index (χ3v) is 8.06. The number of aliphatic carboxylic acids is 1. The zero-order chi connectivity index (χ0) is 39.0. The summed E-state index contributed by atoms with van der Waals surface area (Å²) in [7, 11) is 0. The number of carbonyl (C=O) groups excluding carboxylic acids is 8. The molecule has 19 heteroatoms. The molecule has 0 aromatic rings. The van der Waals surface area contributed by atoms with Crippen LogP contribution < -0.4 is 43.4 Å². The predicted octanol–water partition coefficient (Wildman–Crippen LogP) is -3.18. The van der Waals surface area contributed by atoms with E-state index in [4.69, 9.17) is 16.6 Å². The lowest BCUT2D eigenvalue weighted by Crippen LogP contribution is -2.60. The smallest absolute Gasteiger partial charge is 0.322 e. The van der Waals surface area contributed by atoms with Gasteiger partial charge < -0.3 is 53.4 Å². The van der Waals surface area contributed by atoms with Crippen LogP contribution in [0, 0.1) is 17.8 Å². The number of carbonyl (C=O) groups is 9. The van der Waals surface area contributed by atoms with Crippen LogP contribution in [0.4, 0.5) is 0 Å². The van der Waals surface area contributed by atoms with Gasteiger partial charge >= 0.3 is 5.97 Å². The van der Waals surface area contributed by atoms with E-state index >= 15 is 0 Å². The number of nitrogens with zero attached hydrogens (tertiary/aromatic N) is 1. The Morgan fingerprint density at radius 3 is 1.82 bits per heavy atom. The normalized spacial score (nSPS) is 16.4. The fraction of sp³-hybridized carbons (Fsp3) is 0.719. The fourth-order valence-electron chi connectivity index (χ4n) is 5.33. The van der Waals surface area contributed by atoms with E-state index in [0.29, 0.717) is 19.4 Å². The monoisotopic (exact) mass is 725 g/mol. The Kier molecular flexibility index (Phi) is 18.6. The second-order valence-corrected chi connectivity index (χ2v) is 13.6. The molecule has 0 radical (unpaired) electrons. The number of nitrogens with one attached hydrogen (secondary N) is 6. The molecule has 0 aromatic heterocycles. The molecule has 51 heavy (non-hydrogen) atoms. The molecule has 1 heterocycles. The molecule has 1 aliphatic heterocycles. The Balaban J connectivity index is 3.12. The van der Waals surface area contributed by atoms with Gasteiger partial charge in [-0.3, -0.25) is 43.2 Å². The van der Waals surface area contributed by atoms with Gasteiger partial charge in [0.15, 0.2) is 0 Å². The summed E-state index contributed by atoms with van der Waals surface area (Å²) in [5, 5.41) is 23.6. The average molecular weight is 726 g/mol. The van der Waals surface area contributed by atoms with Crippen LogP contribution in [0.1, 0.15) is 73.6 Å². The van der Waals surface area contributed by atoms with Gasteiger partial charge in [-0.05, 0) is 43.4 Å². The van der Waals surface area contributed by atoms with Crippen LogP contribution in [-0.4, -0.2) is 120 Å². The Morgan fingerprint density at radius 2 is 1.31 bits per heavy atom. The van der Waals surface area contributed by atoms with Crippen molar-refractivity contribution in [1.29, 1.82) is 0 Å². The number of hydrogen-bond acceptors (Lipinski definition) is 10. The van der Waals surface area contributed by atoms with Gasteiger partial charge in [0.2, 0.25) is 47.3 Å². The van der Waals surface area contributed by atoms with Gasteiger partial charge in [-0.2, -0.15) is 0 Å². The number of primary amides is 1. The van der Waals surface area contributed by atoms with E-state index in [1.54, 1.807) is 27.7 Å². The predicted molar refractivity (Wildman–Crippen MR) is 183 cm³/mol. The van der Waals surface area contributed by atoms with Crippen molar-refractivity contribution in [2.45, 2.75) is 104 Å². The van der Waals surface area contributed by atoms with Crippen LogP contribution in [0.5, 0.6) is 0 Å². The third kappa shape index (κ3) is 15.3. The van der Waals surface area contributed by atoms with Crippen molar-refractivity contribution in [2.24, 2.45) is 29.2 Å². The summed E-state index contributed by atoms with van der Waals surface area (Å²) < 4.78 is 0. The highest BCUT2D eigenvalue weighted by Gasteiger charge is 2.37. The SMILES string of the molecule is CC(C)C[C@H](NC(=O)[C@H](NC(=O)[C@H](CCC(N)=O)NC(=O)[C@@H]1CCCN1C(=O)CN)C(C)C)C(=O)N[C@H](C(=O)NCC(=O)NCC(=O)O)C(C)C. The molecule has 288 valence electrons. The van der Waals surface area contributed by atoms with Crippen LogP contribution in [0.2, 0.25) is 0 Å². The highest BCUT2D eigenvalue weighted by atomic mass is 16.4.